The van der Waals surface area contributed by atoms with Gasteiger partial charge in [-0.1, -0.05) is 31.9 Å². The maximum atomic E-state index is 10.1. The van der Waals surface area contributed by atoms with Crippen molar-refractivity contribution in [2.45, 2.75) is 91.1 Å². The molecule has 0 aliphatic heterocycles. The van der Waals surface area contributed by atoms with E-state index >= 15 is 0 Å². The molecule has 0 unspecified atom stereocenters. The summed E-state index contributed by atoms with van der Waals surface area (Å²) in [7, 11) is 0. The van der Waals surface area contributed by atoms with E-state index in [-0.39, 0.29) is 6.10 Å². The second-order valence-corrected chi connectivity index (χ2v) is 9.38. The van der Waals surface area contributed by atoms with Gasteiger partial charge in [0, 0.05) is 0 Å². The predicted octanol–water partition coefficient (Wildman–Crippen LogP) is 5.48. The highest BCUT2D eigenvalue weighted by Crippen LogP contribution is 2.64. The third kappa shape index (κ3) is 2.00. The lowest BCUT2D eigenvalue weighted by molar-refractivity contribution is -0.0696. The highest BCUT2D eigenvalue weighted by molar-refractivity contribution is 5.33. The van der Waals surface area contributed by atoms with Crippen molar-refractivity contribution < 1.29 is 5.11 Å². The average molecular weight is 303 g/mol. The standard InChI is InChI=1S/C21H34O/c1-4-20(2)11-10-17-16-6-5-14-13-15(22)9-12-21(14,3)19(16)8-7-18(17)20/h14-16,19,22H,4-13H2,1-3H3/t14-,15-,16+,19+,20-,21+/m1/s1. The molecule has 0 aromatic rings. The Morgan fingerprint density at radius 1 is 1.05 bits per heavy atom. The van der Waals surface area contributed by atoms with Crippen molar-refractivity contribution in [3.05, 3.63) is 11.1 Å². The van der Waals surface area contributed by atoms with Crippen LogP contribution in [0.3, 0.4) is 0 Å². The molecule has 4 rings (SSSR count). The molecule has 4 aliphatic carbocycles. The number of hydrogen-bond acceptors (Lipinski definition) is 1. The first kappa shape index (κ1) is 15.2. The minimum absolute atomic E-state index is 0.0112. The largest absolute Gasteiger partial charge is 0.393 e. The third-order valence-corrected chi connectivity index (χ3v) is 8.66. The number of hydrogen-bond donors (Lipinski definition) is 1. The summed E-state index contributed by atoms with van der Waals surface area (Å²) in [5, 5.41) is 10.1. The maximum absolute atomic E-state index is 10.1. The van der Waals surface area contributed by atoms with Gasteiger partial charge in [-0.2, -0.15) is 0 Å². The number of aliphatic hydroxyl groups excluding tert-OH is 1. The summed E-state index contributed by atoms with van der Waals surface area (Å²) in [6.07, 6.45) is 13.1. The van der Waals surface area contributed by atoms with Gasteiger partial charge in [0.15, 0.2) is 0 Å². The minimum Gasteiger partial charge on any atom is -0.393 e. The van der Waals surface area contributed by atoms with Crippen LogP contribution in [0.4, 0.5) is 0 Å². The fourth-order valence-electron chi connectivity index (χ4n) is 6.98. The van der Waals surface area contributed by atoms with Crippen LogP contribution in [-0.4, -0.2) is 11.2 Å². The van der Waals surface area contributed by atoms with Crippen LogP contribution >= 0.6 is 0 Å². The second-order valence-electron chi connectivity index (χ2n) is 9.38. The van der Waals surface area contributed by atoms with Crippen molar-refractivity contribution in [2.24, 2.45) is 28.6 Å². The maximum Gasteiger partial charge on any atom is 0.0543 e. The minimum atomic E-state index is -0.0112. The van der Waals surface area contributed by atoms with Crippen LogP contribution in [0.15, 0.2) is 11.1 Å². The fraction of sp³-hybridized carbons (Fsp3) is 0.905. The second kappa shape index (κ2) is 5.10. The van der Waals surface area contributed by atoms with Gasteiger partial charge in [-0.15, -0.1) is 0 Å². The van der Waals surface area contributed by atoms with E-state index in [1.807, 2.05) is 11.1 Å². The van der Waals surface area contributed by atoms with Gasteiger partial charge in [-0.05, 0) is 92.8 Å². The fourth-order valence-corrected chi connectivity index (χ4v) is 6.98. The molecular weight excluding hydrogens is 268 g/mol. The molecular formula is C21H34O. The molecule has 0 radical (unpaired) electrons. The predicted molar refractivity (Wildman–Crippen MR) is 91.6 cm³/mol. The molecule has 2 saturated carbocycles. The SMILES string of the molecule is CC[C@]1(C)CCC2=C1CC[C@H]1[C@H]2CC[C@@H]2C[C@H](O)CC[C@@]21C. The Bertz CT molecular complexity index is 492. The van der Waals surface area contributed by atoms with Crippen LogP contribution in [0.25, 0.3) is 0 Å². The van der Waals surface area contributed by atoms with Crippen molar-refractivity contribution in [1.29, 1.82) is 0 Å². The number of rotatable bonds is 1. The van der Waals surface area contributed by atoms with E-state index in [9.17, 15) is 5.11 Å². The van der Waals surface area contributed by atoms with Gasteiger partial charge < -0.3 is 5.11 Å². The Balaban J connectivity index is 1.65. The molecule has 22 heavy (non-hydrogen) atoms. The van der Waals surface area contributed by atoms with Crippen LogP contribution in [0, 0.1) is 28.6 Å². The normalized spacial score (nSPS) is 51.3. The molecule has 6 atom stereocenters. The smallest absolute Gasteiger partial charge is 0.0543 e. The lowest BCUT2D eigenvalue weighted by Gasteiger charge is -2.57. The molecule has 1 N–H and O–H groups in total. The molecule has 4 aliphatic rings. The van der Waals surface area contributed by atoms with E-state index in [1.165, 1.54) is 51.4 Å². The topological polar surface area (TPSA) is 20.2 Å². The summed E-state index contributed by atoms with van der Waals surface area (Å²) < 4.78 is 0. The van der Waals surface area contributed by atoms with Crippen molar-refractivity contribution in [3.63, 3.8) is 0 Å². The van der Waals surface area contributed by atoms with Gasteiger partial charge in [-0.25, -0.2) is 0 Å². The van der Waals surface area contributed by atoms with E-state index in [0.29, 0.717) is 10.8 Å². The molecule has 0 saturated heterocycles. The van der Waals surface area contributed by atoms with Gasteiger partial charge >= 0.3 is 0 Å². The van der Waals surface area contributed by atoms with Gasteiger partial charge in [-0.3, -0.25) is 0 Å². The number of aliphatic hydroxyl groups is 1. The van der Waals surface area contributed by atoms with E-state index in [4.69, 9.17) is 0 Å². The lowest BCUT2D eigenvalue weighted by Crippen LogP contribution is -2.49. The van der Waals surface area contributed by atoms with E-state index in [1.54, 1.807) is 0 Å². The van der Waals surface area contributed by atoms with Gasteiger partial charge in [0.2, 0.25) is 0 Å². The molecule has 2 fully saturated rings. The van der Waals surface area contributed by atoms with E-state index in [0.717, 1.165) is 30.6 Å². The zero-order valence-corrected chi connectivity index (χ0v) is 14.8. The van der Waals surface area contributed by atoms with Crippen molar-refractivity contribution in [1.82, 2.24) is 0 Å². The average Bonchev–Trinajstić information content (AvgIpc) is 2.86. The molecule has 1 nitrogen and oxygen atoms in total. The Hall–Kier alpha value is -0.300. The van der Waals surface area contributed by atoms with Gasteiger partial charge in [0.05, 0.1) is 6.10 Å². The Kier molecular flexibility index (Phi) is 3.53. The quantitative estimate of drug-likeness (QED) is 0.636. The van der Waals surface area contributed by atoms with Crippen LogP contribution in [0.1, 0.15) is 85.0 Å². The van der Waals surface area contributed by atoms with Crippen LogP contribution in [0.5, 0.6) is 0 Å². The highest BCUT2D eigenvalue weighted by atomic mass is 16.3. The molecule has 124 valence electrons. The summed E-state index contributed by atoms with van der Waals surface area (Å²) in [5.41, 5.74) is 4.84. The Labute approximate surface area is 136 Å². The van der Waals surface area contributed by atoms with Crippen LogP contribution in [-0.2, 0) is 0 Å². The first-order valence-corrected chi connectivity index (χ1v) is 9.88. The molecule has 0 aromatic heterocycles. The van der Waals surface area contributed by atoms with Crippen LogP contribution < -0.4 is 0 Å². The zero-order chi connectivity index (χ0) is 15.5. The molecule has 0 amide bonds. The summed E-state index contributed by atoms with van der Waals surface area (Å²) in [6.45, 7) is 7.50. The zero-order valence-electron chi connectivity index (χ0n) is 14.8. The summed E-state index contributed by atoms with van der Waals surface area (Å²) in [6, 6.07) is 0. The van der Waals surface area contributed by atoms with E-state index < -0.39 is 0 Å². The number of allylic oxidation sites excluding steroid dienone is 2. The summed E-state index contributed by atoms with van der Waals surface area (Å²) >= 11 is 0. The number of fused-ring (bicyclic) bond motifs is 4. The Morgan fingerprint density at radius 3 is 2.64 bits per heavy atom. The molecule has 1 heteroatoms. The molecule has 0 aromatic carbocycles. The van der Waals surface area contributed by atoms with Gasteiger partial charge in [0.1, 0.15) is 0 Å². The Morgan fingerprint density at radius 2 is 1.86 bits per heavy atom. The molecule has 0 heterocycles. The first-order chi connectivity index (χ1) is 10.5. The van der Waals surface area contributed by atoms with Crippen molar-refractivity contribution in [3.8, 4) is 0 Å². The highest BCUT2D eigenvalue weighted by Gasteiger charge is 2.54. The molecule has 0 bridgehead atoms. The lowest BCUT2D eigenvalue weighted by atomic mass is 9.49. The van der Waals surface area contributed by atoms with Crippen molar-refractivity contribution >= 4 is 0 Å². The third-order valence-electron chi connectivity index (χ3n) is 8.66. The monoisotopic (exact) mass is 302 g/mol. The van der Waals surface area contributed by atoms with Crippen LogP contribution in [0.2, 0.25) is 0 Å². The van der Waals surface area contributed by atoms with Gasteiger partial charge in [0.25, 0.3) is 0 Å². The van der Waals surface area contributed by atoms with Crippen molar-refractivity contribution in [2.75, 3.05) is 0 Å². The summed E-state index contributed by atoms with van der Waals surface area (Å²) in [4.78, 5) is 0. The summed E-state index contributed by atoms with van der Waals surface area (Å²) in [5.74, 6) is 2.60. The van der Waals surface area contributed by atoms with E-state index in [2.05, 4.69) is 20.8 Å². The molecule has 0 spiro atoms. The first-order valence-electron chi connectivity index (χ1n) is 9.88.